The first-order chi connectivity index (χ1) is 37.2. The van der Waals surface area contributed by atoms with Crippen LogP contribution in [0.2, 0.25) is 18.1 Å². The van der Waals surface area contributed by atoms with Crippen molar-refractivity contribution in [1.29, 1.82) is 0 Å². The lowest BCUT2D eigenvalue weighted by molar-refractivity contribution is 0.230. The molecule has 0 unspecified atom stereocenters. The average Bonchev–Trinajstić information content (AvgIpc) is 4.36. The Balaban J connectivity index is 0.000000345. The SMILES string of the molecule is C.S.S.[C-]#[N+]c1cc(-c2nc(-c3cccc4c3CC[C@@H]4N(CCO)[S@@](=O)C(C)(C)C)no2)ccc1OC(C)C.[C-]#[N+]c1cc(-c2nc(-c3cccc4c3CC[C@@H]4N(CCO[Si](C)(C)C(C)(C)C)[S@@](=O)C(C)(C)C)no2)ccc1OC(C)C. The number of benzene rings is 4. The molecule has 0 saturated heterocycles. The first-order valence-corrected chi connectivity index (χ1v) is 32.2. The van der Waals surface area contributed by atoms with Crippen LogP contribution in [0.5, 0.6) is 11.5 Å². The van der Waals surface area contributed by atoms with Gasteiger partial charge in [0.2, 0.25) is 23.0 Å². The Labute approximate surface area is 507 Å². The summed E-state index contributed by atoms with van der Waals surface area (Å²) in [6.07, 6.45) is 3.18. The molecule has 2 aliphatic carbocycles. The predicted molar refractivity (Wildman–Crippen MR) is 343 cm³/mol. The van der Waals surface area contributed by atoms with Gasteiger partial charge in [-0.2, -0.15) is 37.0 Å². The van der Waals surface area contributed by atoms with Crippen molar-refractivity contribution in [3.05, 3.63) is 118 Å². The highest BCUT2D eigenvalue weighted by Crippen LogP contribution is 2.45. The molecule has 4 aromatic carbocycles. The maximum atomic E-state index is 13.9. The zero-order chi connectivity index (χ0) is 57.8. The number of hydrogen-bond donors (Lipinski definition) is 1. The summed E-state index contributed by atoms with van der Waals surface area (Å²) < 4.78 is 59.6. The fourth-order valence-corrected chi connectivity index (χ4v) is 13.3. The lowest BCUT2D eigenvalue weighted by Crippen LogP contribution is -2.45. The van der Waals surface area contributed by atoms with E-state index in [1.807, 2.05) is 110 Å². The zero-order valence-corrected chi connectivity index (χ0v) is 54.2. The van der Waals surface area contributed by atoms with Gasteiger partial charge in [0.15, 0.2) is 8.32 Å². The third-order valence-corrected chi connectivity index (χ3v) is 22.6. The van der Waals surface area contributed by atoms with Gasteiger partial charge < -0.3 is 28.1 Å². The van der Waals surface area contributed by atoms with Crippen molar-refractivity contribution >= 4 is 68.7 Å². The molecule has 1 N–H and O–H groups in total. The molecule has 0 radical (unpaired) electrons. The topological polar surface area (TPSA) is 175 Å². The first-order valence-electron chi connectivity index (χ1n) is 27.1. The Morgan fingerprint density at radius 1 is 0.671 bits per heavy atom. The van der Waals surface area contributed by atoms with Gasteiger partial charge in [-0.05, 0) is 172 Å². The monoisotopic (exact) mass is 1210 g/mol. The lowest BCUT2D eigenvalue weighted by Gasteiger charge is -2.38. The van der Waals surface area contributed by atoms with Crippen LogP contribution in [0.1, 0.15) is 145 Å². The molecule has 0 spiro atoms. The fraction of sp³-hybridized carbons (Fsp3) is 0.508. The van der Waals surface area contributed by atoms with Gasteiger partial charge in [-0.3, -0.25) is 0 Å². The van der Waals surface area contributed by atoms with E-state index in [4.69, 9.17) is 41.1 Å². The number of aliphatic hydroxyl groups is 1. The minimum atomic E-state index is -1.94. The summed E-state index contributed by atoms with van der Waals surface area (Å²) in [5.74, 6) is 2.71. The zero-order valence-electron chi connectivity index (χ0n) is 49.6. The highest BCUT2D eigenvalue weighted by molar-refractivity contribution is 7.84. The molecule has 82 heavy (non-hydrogen) atoms. The molecule has 8 rings (SSSR count). The van der Waals surface area contributed by atoms with Gasteiger partial charge in [-0.1, -0.05) is 74.9 Å². The summed E-state index contributed by atoms with van der Waals surface area (Å²) in [6, 6.07) is 22.7. The highest BCUT2D eigenvalue weighted by Gasteiger charge is 2.41. The molecule has 6 aromatic rings. The van der Waals surface area contributed by atoms with E-state index in [0.29, 0.717) is 77.1 Å². The summed E-state index contributed by atoms with van der Waals surface area (Å²) in [5.41, 5.74) is 8.39. The molecular formula is C61H86N8O8S4Si. The minimum Gasteiger partial charge on any atom is -0.502 e. The van der Waals surface area contributed by atoms with Gasteiger partial charge in [0, 0.05) is 54.0 Å². The summed E-state index contributed by atoms with van der Waals surface area (Å²) >= 11 is 0. The minimum absolute atomic E-state index is 0. The second kappa shape index (κ2) is 28.6. The van der Waals surface area contributed by atoms with Crippen LogP contribution in [0.15, 0.2) is 81.8 Å². The van der Waals surface area contributed by atoms with Crippen LogP contribution in [0.25, 0.3) is 55.4 Å². The third-order valence-electron chi connectivity index (χ3n) is 14.3. The predicted octanol–water partition coefficient (Wildman–Crippen LogP) is 14.9. The fourth-order valence-electron chi connectivity index (χ4n) is 9.48. The average molecular weight is 1220 g/mol. The van der Waals surface area contributed by atoms with E-state index < -0.39 is 39.8 Å². The van der Waals surface area contributed by atoms with E-state index in [-0.39, 0.29) is 70.4 Å². The van der Waals surface area contributed by atoms with Gasteiger partial charge in [0.25, 0.3) is 11.8 Å². The van der Waals surface area contributed by atoms with Crippen LogP contribution >= 0.6 is 27.0 Å². The molecule has 0 fully saturated rings. The number of hydrogen-bond acceptors (Lipinski definition) is 12. The van der Waals surface area contributed by atoms with E-state index in [0.717, 1.165) is 59.1 Å². The van der Waals surface area contributed by atoms with Crippen molar-refractivity contribution in [2.75, 3.05) is 26.3 Å². The number of rotatable bonds is 18. The second-order valence-corrected chi connectivity index (χ2v) is 33.2. The third kappa shape index (κ3) is 16.0. The molecule has 0 amide bonds. The normalized spacial score (nSPS) is 15.7. The summed E-state index contributed by atoms with van der Waals surface area (Å²) in [6.45, 7) is 47.3. The largest absolute Gasteiger partial charge is 0.502 e. The molecule has 2 aromatic heterocycles. The number of nitrogens with zero attached hydrogens (tertiary/aromatic N) is 8. The van der Waals surface area contributed by atoms with Crippen molar-refractivity contribution in [2.24, 2.45) is 0 Å². The number of aliphatic hydroxyl groups excluding tert-OH is 1. The van der Waals surface area contributed by atoms with Crippen LogP contribution in [-0.2, 0) is 39.2 Å². The van der Waals surface area contributed by atoms with Gasteiger partial charge in [-0.25, -0.2) is 26.7 Å². The summed E-state index contributed by atoms with van der Waals surface area (Å²) in [4.78, 5) is 16.6. The molecule has 0 bridgehead atoms. The van der Waals surface area contributed by atoms with E-state index in [1.165, 1.54) is 0 Å². The molecule has 0 aliphatic heterocycles. The van der Waals surface area contributed by atoms with E-state index in [9.17, 15) is 13.5 Å². The van der Waals surface area contributed by atoms with Crippen LogP contribution in [0.4, 0.5) is 11.4 Å². The molecule has 21 heteroatoms. The Hall–Kier alpha value is -5.20. The van der Waals surface area contributed by atoms with E-state index in [2.05, 4.69) is 75.3 Å². The molecular weight excluding hydrogens is 1130 g/mol. The van der Waals surface area contributed by atoms with E-state index >= 15 is 0 Å². The Morgan fingerprint density at radius 2 is 1.07 bits per heavy atom. The second-order valence-electron chi connectivity index (χ2n) is 24.0. The maximum absolute atomic E-state index is 13.9. The Bertz CT molecular complexity index is 3260. The van der Waals surface area contributed by atoms with Crippen LogP contribution in [0.3, 0.4) is 0 Å². The van der Waals surface area contributed by atoms with Gasteiger partial charge >= 0.3 is 0 Å². The van der Waals surface area contributed by atoms with Crippen LogP contribution in [-0.4, -0.2) is 98.7 Å². The standard InChI is InChI=1S/C33H46N4O4SSi.C27H32N4O4S.CH4.2H2S/c1-22(2)40-29-18-15-23(21-27(29)34-9)31-35-30(36-41-31)26-14-12-13-25-24(26)16-17-28(25)37(42(38)32(3,4)5)19-20-39-43(10,11)33(6,7)8;1-17(2)34-24-13-10-18(16-22(24)28-6)26-29-25(30-35-26)21-9-7-8-20-19(21)11-12-23(20)31(14-15-32)36(33)27(3,4)5;;;/h12-15,18,21-22,28H,16-17,19-20H2,1-8,10-11H3;7-10,13,16-17,23,32H,11-12,14-15H2,1-5H3;1H4;2*1H2/t28-,42-;23-,36-;;;/m00.../s1. The van der Waals surface area contributed by atoms with Crippen molar-refractivity contribution in [2.45, 2.75) is 175 Å². The maximum Gasteiger partial charge on any atom is 0.256 e. The van der Waals surface area contributed by atoms with Gasteiger partial charge in [0.1, 0.15) is 33.5 Å². The molecule has 0 saturated carbocycles. The van der Waals surface area contributed by atoms with Crippen molar-refractivity contribution in [3.63, 3.8) is 0 Å². The number of aromatic nitrogens is 4. The number of ether oxygens (including phenoxy) is 2. The molecule has 4 atom stereocenters. The van der Waals surface area contributed by atoms with Crippen LogP contribution in [0, 0.1) is 13.1 Å². The first kappa shape index (κ1) is 69.3. The quantitative estimate of drug-likeness (QED) is 0.0638. The smallest absolute Gasteiger partial charge is 0.256 e. The van der Waals surface area contributed by atoms with Crippen molar-refractivity contribution < 1.29 is 36.5 Å². The molecule has 2 heterocycles. The molecule has 16 nitrogen and oxygen atoms in total. The van der Waals surface area contributed by atoms with Gasteiger partial charge in [-0.15, -0.1) is 0 Å². The lowest BCUT2D eigenvalue weighted by atomic mass is 10.0. The Kier molecular flexibility index (Phi) is 24.2. The summed E-state index contributed by atoms with van der Waals surface area (Å²) in [7, 11) is -4.42. The van der Waals surface area contributed by atoms with Crippen molar-refractivity contribution in [3.8, 4) is 57.2 Å². The van der Waals surface area contributed by atoms with Crippen LogP contribution < -0.4 is 9.47 Å². The van der Waals surface area contributed by atoms with E-state index in [1.54, 1.807) is 24.3 Å². The van der Waals surface area contributed by atoms with Crippen molar-refractivity contribution in [1.82, 2.24) is 28.9 Å². The molecule has 446 valence electrons. The highest BCUT2D eigenvalue weighted by atomic mass is 32.2. The van der Waals surface area contributed by atoms with Gasteiger partial charge in [0.05, 0.1) is 41.5 Å². The number of fused-ring (bicyclic) bond motifs is 2. The Morgan fingerprint density at radius 3 is 1.43 bits per heavy atom. The molecule has 2 aliphatic rings. The summed E-state index contributed by atoms with van der Waals surface area (Å²) in [5, 5.41) is 18.3.